The van der Waals surface area contributed by atoms with Crippen molar-refractivity contribution in [2.24, 2.45) is 0 Å². The minimum atomic E-state index is -0.895. The van der Waals surface area contributed by atoms with Crippen molar-refractivity contribution < 1.29 is 22.3 Å². The van der Waals surface area contributed by atoms with E-state index in [4.69, 9.17) is 4.74 Å². The Kier molecular flexibility index (Phi) is 7.18. The van der Waals surface area contributed by atoms with Gasteiger partial charge in [0.15, 0.2) is 11.6 Å². The summed E-state index contributed by atoms with van der Waals surface area (Å²) in [5, 5.41) is 1.18. The Labute approximate surface area is 196 Å². The first-order chi connectivity index (χ1) is 16.4. The van der Waals surface area contributed by atoms with Gasteiger partial charge in [-0.3, -0.25) is 0 Å². The first-order valence-electron chi connectivity index (χ1n) is 11.0. The molecule has 0 saturated heterocycles. The molecule has 1 nitrogen and oxygen atoms in total. The predicted octanol–water partition coefficient (Wildman–Crippen LogP) is 7.37. The molecule has 0 heterocycles. The molecule has 0 aliphatic carbocycles. The second kappa shape index (κ2) is 10.4. The Balaban J connectivity index is 1.42. The molecular weight excluding hydrogens is 440 g/mol. The zero-order valence-corrected chi connectivity index (χ0v) is 18.6. The van der Waals surface area contributed by atoms with E-state index in [0.29, 0.717) is 29.4 Å². The van der Waals surface area contributed by atoms with E-state index in [1.807, 2.05) is 31.2 Å². The number of hydrogen-bond acceptors (Lipinski definition) is 1. The van der Waals surface area contributed by atoms with Gasteiger partial charge in [-0.15, -0.1) is 0 Å². The van der Waals surface area contributed by atoms with Gasteiger partial charge in [-0.2, -0.15) is 0 Å². The lowest BCUT2D eigenvalue weighted by atomic mass is 10.0. The van der Waals surface area contributed by atoms with E-state index in [9.17, 15) is 17.6 Å². The maximum absolute atomic E-state index is 14.3. The van der Waals surface area contributed by atoms with Crippen LogP contribution in [0.2, 0.25) is 0 Å². The predicted molar refractivity (Wildman–Crippen MR) is 126 cm³/mol. The Morgan fingerprint density at radius 2 is 1.26 bits per heavy atom. The summed E-state index contributed by atoms with van der Waals surface area (Å²) in [6.07, 6.45) is 1.46. The minimum Gasteiger partial charge on any atom is -0.493 e. The van der Waals surface area contributed by atoms with Crippen LogP contribution in [0.15, 0.2) is 66.7 Å². The zero-order chi connectivity index (χ0) is 24.1. The third kappa shape index (κ3) is 5.58. The lowest BCUT2D eigenvalue weighted by molar-refractivity contribution is 0.313. The summed E-state index contributed by atoms with van der Waals surface area (Å²) in [7, 11) is 0. The Morgan fingerprint density at radius 1 is 0.647 bits per heavy atom. The van der Waals surface area contributed by atoms with E-state index < -0.39 is 23.3 Å². The molecule has 0 aliphatic heterocycles. The number of hydrogen-bond donors (Lipinski definition) is 0. The van der Waals surface area contributed by atoms with Crippen LogP contribution in [-0.4, -0.2) is 6.61 Å². The van der Waals surface area contributed by atoms with Gasteiger partial charge in [0.25, 0.3) is 0 Å². The molecule has 0 aromatic heterocycles. The van der Waals surface area contributed by atoms with Crippen LogP contribution in [0.5, 0.6) is 5.75 Å². The Bertz CT molecular complexity index is 1360. The number of ether oxygens (including phenoxy) is 1. The Hall–Kier alpha value is -3.78. The molecule has 34 heavy (non-hydrogen) atoms. The maximum atomic E-state index is 14.3. The monoisotopic (exact) mass is 462 g/mol. The van der Waals surface area contributed by atoms with Crippen LogP contribution in [0.25, 0.3) is 10.8 Å². The summed E-state index contributed by atoms with van der Waals surface area (Å²) < 4.78 is 60.8. The van der Waals surface area contributed by atoms with Crippen LogP contribution in [0.3, 0.4) is 0 Å². The first kappa shape index (κ1) is 23.4. The van der Waals surface area contributed by atoms with Gasteiger partial charge in [0.2, 0.25) is 0 Å². The molecule has 5 heteroatoms. The van der Waals surface area contributed by atoms with Crippen molar-refractivity contribution in [2.75, 3.05) is 6.61 Å². The maximum Gasteiger partial charge on any atom is 0.159 e. The fraction of sp³-hybridized carbons (Fsp3) is 0.172. The van der Waals surface area contributed by atoms with Gasteiger partial charge in [0.05, 0.1) is 6.61 Å². The fourth-order valence-electron chi connectivity index (χ4n) is 3.61. The zero-order valence-electron chi connectivity index (χ0n) is 18.6. The summed E-state index contributed by atoms with van der Waals surface area (Å²) in [6, 6.07) is 17.4. The standard InChI is InChI=1S/C29H22F4O/c1-2-13-34-24-17-26(30)25(27(31)18-24)12-10-20-5-3-19(4-6-20)7-8-21-9-11-22-15-28(32)29(33)16-23(22)14-21/h3-6,9,11,14-18H,2,10,12-13H2,1H3. The molecule has 172 valence electrons. The van der Waals surface area contributed by atoms with Crippen LogP contribution < -0.4 is 4.74 Å². The summed E-state index contributed by atoms with van der Waals surface area (Å²) >= 11 is 0. The van der Waals surface area contributed by atoms with Crippen molar-refractivity contribution in [1.82, 2.24) is 0 Å². The molecule has 0 radical (unpaired) electrons. The van der Waals surface area contributed by atoms with E-state index >= 15 is 0 Å². The molecule has 4 aromatic carbocycles. The highest BCUT2D eigenvalue weighted by Crippen LogP contribution is 2.23. The molecule has 4 aromatic rings. The van der Waals surface area contributed by atoms with Crippen molar-refractivity contribution in [1.29, 1.82) is 0 Å². The third-order valence-corrected chi connectivity index (χ3v) is 5.44. The first-order valence-corrected chi connectivity index (χ1v) is 11.0. The normalized spacial score (nSPS) is 10.7. The van der Waals surface area contributed by atoms with Gasteiger partial charge in [-0.1, -0.05) is 37.0 Å². The number of aryl methyl sites for hydroxylation is 1. The van der Waals surface area contributed by atoms with E-state index in [-0.39, 0.29) is 17.7 Å². The molecule has 0 atom stereocenters. The van der Waals surface area contributed by atoms with Crippen molar-refractivity contribution in [3.05, 3.63) is 112 Å². The summed E-state index contributed by atoms with van der Waals surface area (Å²) in [4.78, 5) is 0. The highest BCUT2D eigenvalue weighted by Gasteiger charge is 2.12. The molecule has 0 bridgehead atoms. The van der Waals surface area contributed by atoms with Gasteiger partial charge in [0.1, 0.15) is 17.4 Å². The SMILES string of the molecule is CCCOc1cc(F)c(CCc2ccc(C#Cc3ccc4cc(F)c(F)cc4c3)cc2)c(F)c1. The summed E-state index contributed by atoms with van der Waals surface area (Å²) in [5.41, 5.74) is 2.42. The highest BCUT2D eigenvalue weighted by atomic mass is 19.2. The molecule has 0 N–H and O–H groups in total. The van der Waals surface area contributed by atoms with Crippen LogP contribution in [-0.2, 0) is 12.8 Å². The Morgan fingerprint density at radius 3 is 1.94 bits per heavy atom. The second-order valence-corrected chi connectivity index (χ2v) is 7.99. The highest BCUT2D eigenvalue weighted by molar-refractivity contribution is 5.84. The lowest BCUT2D eigenvalue weighted by Crippen LogP contribution is -2.02. The fourth-order valence-corrected chi connectivity index (χ4v) is 3.61. The van der Waals surface area contributed by atoms with E-state index in [1.54, 1.807) is 18.2 Å². The molecule has 0 amide bonds. The summed E-state index contributed by atoms with van der Waals surface area (Å²) in [5.74, 6) is 3.28. The largest absolute Gasteiger partial charge is 0.493 e. The molecule has 0 aliphatic rings. The molecule has 0 saturated carbocycles. The van der Waals surface area contributed by atoms with Crippen molar-refractivity contribution in [3.8, 4) is 17.6 Å². The van der Waals surface area contributed by atoms with Crippen molar-refractivity contribution >= 4 is 10.8 Å². The minimum absolute atomic E-state index is 0.0420. The van der Waals surface area contributed by atoms with Gasteiger partial charge in [-0.05, 0) is 72.0 Å². The van der Waals surface area contributed by atoms with Crippen LogP contribution >= 0.6 is 0 Å². The van der Waals surface area contributed by atoms with Gasteiger partial charge >= 0.3 is 0 Å². The summed E-state index contributed by atoms with van der Waals surface area (Å²) in [6.45, 7) is 2.33. The smallest absolute Gasteiger partial charge is 0.159 e. The van der Waals surface area contributed by atoms with Crippen LogP contribution in [0, 0.1) is 35.1 Å². The molecule has 0 unspecified atom stereocenters. The quantitative estimate of drug-likeness (QED) is 0.215. The van der Waals surface area contributed by atoms with Gasteiger partial charge in [0, 0.05) is 28.8 Å². The second-order valence-electron chi connectivity index (χ2n) is 7.99. The topological polar surface area (TPSA) is 9.23 Å². The molecule has 0 fully saturated rings. The molecular formula is C29H22F4O. The van der Waals surface area contributed by atoms with Crippen molar-refractivity contribution in [2.45, 2.75) is 26.2 Å². The average molecular weight is 462 g/mol. The van der Waals surface area contributed by atoms with Gasteiger partial charge < -0.3 is 4.74 Å². The lowest BCUT2D eigenvalue weighted by Gasteiger charge is -2.09. The van der Waals surface area contributed by atoms with Crippen molar-refractivity contribution in [3.63, 3.8) is 0 Å². The third-order valence-electron chi connectivity index (χ3n) is 5.44. The molecule has 4 rings (SSSR count). The van der Waals surface area contributed by atoms with Gasteiger partial charge in [-0.25, -0.2) is 17.6 Å². The number of fused-ring (bicyclic) bond motifs is 1. The van der Waals surface area contributed by atoms with E-state index in [1.165, 1.54) is 12.1 Å². The number of rotatable bonds is 6. The number of halogens is 4. The van der Waals surface area contributed by atoms with Crippen LogP contribution in [0.1, 0.15) is 35.6 Å². The number of benzene rings is 4. The van der Waals surface area contributed by atoms with Crippen LogP contribution in [0.4, 0.5) is 17.6 Å². The van der Waals surface area contributed by atoms with E-state index in [0.717, 1.165) is 29.7 Å². The molecule has 0 spiro atoms. The average Bonchev–Trinajstić information content (AvgIpc) is 2.82. The van der Waals surface area contributed by atoms with E-state index in [2.05, 4.69) is 11.8 Å².